The zero-order valence-corrected chi connectivity index (χ0v) is 13.4. The lowest BCUT2D eigenvalue weighted by atomic mass is 9.96. The van der Waals surface area contributed by atoms with Crippen molar-refractivity contribution in [3.8, 4) is 0 Å². The van der Waals surface area contributed by atoms with Crippen molar-refractivity contribution in [3.05, 3.63) is 54.1 Å². The average Bonchev–Trinajstić information content (AvgIpc) is 2.97. The molecule has 0 spiro atoms. The van der Waals surface area contributed by atoms with Crippen LogP contribution >= 0.6 is 0 Å². The fourth-order valence-electron chi connectivity index (χ4n) is 3.01. The van der Waals surface area contributed by atoms with Gasteiger partial charge in [0.25, 0.3) is 0 Å². The first-order chi connectivity index (χ1) is 10.3. The third-order valence-corrected chi connectivity index (χ3v) is 3.97. The molecular formula is C18H27N3. The first-order valence-corrected chi connectivity index (χ1v) is 8.11. The first kappa shape index (κ1) is 15.8. The van der Waals surface area contributed by atoms with Gasteiger partial charge >= 0.3 is 0 Å². The lowest BCUT2D eigenvalue weighted by molar-refractivity contribution is 0.342. The summed E-state index contributed by atoms with van der Waals surface area (Å²) in [6, 6.07) is 11.5. The fraction of sp³-hybridized carbons (Fsp3) is 0.500. The van der Waals surface area contributed by atoms with Crippen LogP contribution in [-0.4, -0.2) is 16.1 Å². The van der Waals surface area contributed by atoms with Gasteiger partial charge < -0.3 is 9.88 Å². The van der Waals surface area contributed by atoms with Gasteiger partial charge in [-0.2, -0.15) is 0 Å². The molecule has 21 heavy (non-hydrogen) atoms. The Bertz CT molecular complexity index is 518. The summed E-state index contributed by atoms with van der Waals surface area (Å²) in [5, 5.41) is 3.66. The van der Waals surface area contributed by atoms with E-state index in [4.69, 9.17) is 0 Å². The summed E-state index contributed by atoms with van der Waals surface area (Å²) in [7, 11) is 0. The van der Waals surface area contributed by atoms with Crippen molar-refractivity contribution < 1.29 is 0 Å². The minimum absolute atomic E-state index is 0.325. The summed E-state index contributed by atoms with van der Waals surface area (Å²) in [6.45, 7) is 7.60. The molecule has 2 rings (SSSR count). The summed E-state index contributed by atoms with van der Waals surface area (Å²) >= 11 is 0. The smallest absolute Gasteiger partial charge is 0.108 e. The Hall–Kier alpha value is -1.61. The highest BCUT2D eigenvalue weighted by atomic mass is 15.1. The SMILES string of the molecule is CCCc1nccn1C(CC)C(NCC)c1ccccc1. The van der Waals surface area contributed by atoms with Crippen LogP contribution in [0.3, 0.4) is 0 Å². The van der Waals surface area contributed by atoms with E-state index >= 15 is 0 Å². The van der Waals surface area contributed by atoms with Crippen LogP contribution in [0.4, 0.5) is 0 Å². The molecule has 3 nitrogen and oxygen atoms in total. The van der Waals surface area contributed by atoms with E-state index in [-0.39, 0.29) is 0 Å². The van der Waals surface area contributed by atoms with Crippen molar-refractivity contribution in [2.75, 3.05) is 6.54 Å². The van der Waals surface area contributed by atoms with Crippen LogP contribution in [0.25, 0.3) is 0 Å². The first-order valence-electron chi connectivity index (χ1n) is 8.11. The number of hydrogen-bond donors (Lipinski definition) is 1. The number of hydrogen-bond acceptors (Lipinski definition) is 2. The Kier molecular flexibility index (Phi) is 6.00. The molecule has 0 aliphatic carbocycles. The number of aromatic nitrogens is 2. The molecule has 0 saturated carbocycles. The maximum absolute atomic E-state index is 4.55. The van der Waals surface area contributed by atoms with E-state index in [9.17, 15) is 0 Å². The Morgan fingerprint density at radius 1 is 1.14 bits per heavy atom. The number of imidazole rings is 1. The zero-order valence-electron chi connectivity index (χ0n) is 13.4. The number of nitrogens with one attached hydrogen (secondary N) is 1. The summed E-state index contributed by atoms with van der Waals surface area (Å²) in [6.07, 6.45) is 7.31. The molecule has 3 heteroatoms. The van der Waals surface area contributed by atoms with E-state index in [0.29, 0.717) is 12.1 Å². The van der Waals surface area contributed by atoms with Gasteiger partial charge in [-0.3, -0.25) is 0 Å². The quantitative estimate of drug-likeness (QED) is 0.790. The summed E-state index contributed by atoms with van der Waals surface area (Å²) in [4.78, 5) is 4.55. The van der Waals surface area contributed by atoms with Gasteiger partial charge in [0.1, 0.15) is 5.82 Å². The number of aryl methyl sites for hydroxylation is 1. The van der Waals surface area contributed by atoms with E-state index in [1.807, 2.05) is 6.20 Å². The molecule has 1 N–H and O–H groups in total. The van der Waals surface area contributed by atoms with Crippen LogP contribution in [0.2, 0.25) is 0 Å². The summed E-state index contributed by atoms with van der Waals surface area (Å²) in [5.74, 6) is 1.20. The fourth-order valence-corrected chi connectivity index (χ4v) is 3.01. The molecular weight excluding hydrogens is 258 g/mol. The normalized spacial score (nSPS) is 14.0. The van der Waals surface area contributed by atoms with Gasteiger partial charge in [0, 0.05) is 18.8 Å². The molecule has 2 aromatic rings. The highest BCUT2D eigenvalue weighted by Crippen LogP contribution is 2.30. The van der Waals surface area contributed by atoms with E-state index in [1.165, 1.54) is 11.4 Å². The third kappa shape index (κ3) is 3.73. The van der Waals surface area contributed by atoms with Crippen LogP contribution in [0, 0.1) is 0 Å². The van der Waals surface area contributed by atoms with Gasteiger partial charge in [-0.15, -0.1) is 0 Å². The van der Waals surface area contributed by atoms with Crippen molar-refractivity contribution in [3.63, 3.8) is 0 Å². The molecule has 1 heterocycles. The van der Waals surface area contributed by atoms with Gasteiger partial charge in [-0.25, -0.2) is 4.98 Å². The van der Waals surface area contributed by atoms with Gasteiger partial charge in [-0.1, -0.05) is 51.1 Å². The molecule has 1 aromatic carbocycles. The molecule has 0 bridgehead atoms. The molecule has 0 radical (unpaired) electrons. The molecule has 0 aliphatic rings. The number of rotatable bonds is 8. The molecule has 0 amide bonds. The van der Waals surface area contributed by atoms with Gasteiger partial charge in [0.2, 0.25) is 0 Å². The lowest BCUT2D eigenvalue weighted by Crippen LogP contribution is -2.30. The van der Waals surface area contributed by atoms with Crippen LogP contribution < -0.4 is 5.32 Å². The topological polar surface area (TPSA) is 29.9 Å². The maximum atomic E-state index is 4.55. The second-order valence-electron chi connectivity index (χ2n) is 5.42. The number of likely N-dealkylation sites (N-methyl/N-ethyl adjacent to an activating group) is 1. The van der Waals surface area contributed by atoms with Crippen molar-refractivity contribution in [2.45, 2.75) is 52.1 Å². The largest absolute Gasteiger partial charge is 0.330 e. The summed E-state index contributed by atoms with van der Waals surface area (Å²) in [5.41, 5.74) is 1.35. The average molecular weight is 285 g/mol. The van der Waals surface area contributed by atoms with Gasteiger partial charge in [0.15, 0.2) is 0 Å². The lowest BCUT2D eigenvalue weighted by Gasteiger charge is -2.30. The summed E-state index contributed by atoms with van der Waals surface area (Å²) < 4.78 is 2.36. The second kappa shape index (κ2) is 7.99. The van der Waals surface area contributed by atoms with Crippen LogP contribution in [-0.2, 0) is 6.42 Å². The van der Waals surface area contributed by atoms with Crippen LogP contribution in [0.5, 0.6) is 0 Å². The minimum atomic E-state index is 0.325. The molecule has 0 aliphatic heterocycles. The van der Waals surface area contributed by atoms with E-state index in [2.05, 4.69) is 72.2 Å². The standard InChI is InChI=1S/C18H27N3/c1-4-10-17-20-13-14-21(17)16(5-2)18(19-6-3)15-11-8-7-9-12-15/h7-9,11-14,16,18-19H,4-6,10H2,1-3H3. The minimum Gasteiger partial charge on any atom is -0.330 e. The molecule has 114 valence electrons. The monoisotopic (exact) mass is 285 g/mol. The van der Waals surface area contributed by atoms with Crippen molar-refractivity contribution in [1.29, 1.82) is 0 Å². The van der Waals surface area contributed by atoms with Crippen LogP contribution in [0.15, 0.2) is 42.7 Å². The third-order valence-electron chi connectivity index (χ3n) is 3.97. The predicted octanol–water partition coefficient (Wildman–Crippen LogP) is 4.14. The number of nitrogens with zero attached hydrogens (tertiary/aromatic N) is 2. The Labute approximate surface area is 128 Å². The highest BCUT2D eigenvalue weighted by Gasteiger charge is 2.23. The van der Waals surface area contributed by atoms with Crippen LogP contribution in [0.1, 0.15) is 57.1 Å². The Balaban J connectivity index is 2.33. The highest BCUT2D eigenvalue weighted by molar-refractivity contribution is 5.21. The van der Waals surface area contributed by atoms with Crippen molar-refractivity contribution in [1.82, 2.24) is 14.9 Å². The van der Waals surface area contributed by atoms with E-state index in [0.717, 1.165) is 25.8 Å². The maximum Gasteiger partial charge on any atom is 0.108 e. The van der Waals surface area contributed by atoms with E-state index in [1.54, 1.807) is 0 Å². The zero-order chi connectivity index (χ0) is 15.1. The van der Waals surface area contributed by atoms with Gasteiger partial charge in [-0.05, 0) is 24.9 Å². The molecule has 0 saturated heterocycles. The Morgan fingerprint density at radius 2 is 1.90 bits per heavy atom. The van der Waals surface area contributed by atoms with Crippen molar-refractivity contribution in [2.24, 2.45) is 0 Å². The Morgan fingerprint density at radius 3 is 2.52 bits per heavy atom. The molecule has 0 fully saturated rings. The van der Waals surface area contributed by atoms with E-state index < -0.39 is 0 Å². The molecule has 2 unspecified atom stereocenters. The predicted molar refractivity (Wildman–Crippen MR) is 88.4 cm³/mol. The molecule has 1 aromatic heterocycles. The van der Waals surface area contributed by atoms with Crippen molar-refractivity contribution >= 4 is 0 Å². The molecule has 2 atom stereocenters. The number of benzene rings is 1. The second-order valence-corrected chi connectivity index (χ2v) is 5.42. The van der Waals surface area contributed by atoms with Gasteiger partial charge in [0.05, 0.1) is 12.1 Å².